The fraction of sp³-hybridized carbons (Fsp3) is 0. The molecule has 30 heavy (non-hydrogen) atoms. The summed E-state index contributed by atoms with van der Waals surface area (Å²) < 4.78 is 1.83. The Hall–Kier alpha value is -3.69. The van der Waals surface area contributed by atoms with Gasteiger partial charge in [0.15, 0.2) is 11.3 Å². The van der Waals surface area contributed by atoms with Crippen molar-refractivity contribution in [3.05, 3.63) is 65.7 Å². The van der Waals surface area contributed by atoms with Crippen LogP contribution in [0.1, 0.15) is 20.7 Å². The maximum Gasteiger partial charge on any atom is 0.335 e. The van der Waals surface area contributed by atoms with Crippen LogP contribution < -0.4 is 0 Å². The molecule has 0 aliphatic carbocycles. The lowest BCUT2D eigenvalue weighted by Gasteiger charge is -1.97. The summed E-state index contributed by atoms with van der Waals surface area (Å²) in [4.78, 5) is 35.8. The number of benzene rings is 2. The molecule has 3 aromatic heterocycles. The number of aromatic carboxylic acids is 2. The molecule has 0 bridgehead atoms. The summed E-state index contributed by atoms with van der Waals surface area (Å²) in [5, 5.41) is 19.6. The fourth-order valence-corrected chi connectivity index (χ4v) is 4.96. The van der Waals surface area contributed by atoms with E-state index in [1.807, 2.05) is 6.07 Å². The van der Waals surface area contributed by atoms with E-state index in [0.29, 0.717) is 11.3 Å². The first-order valence-electron chi connectivity index (χ1n) is 8.73. The lowest BCUT2D eigenvalue weighted by molar-refractivity contribution is 0.0686. The van der Waals surface area contributed by atoms with Gasteiger partial charge in [-0.25, -0.2) is 24.5 Å². The van der Waals surface area contributed by atoms with Gasteiger partial charge in [-0.05, 0) is 30.3 Å². The maximum absolute atomic E-state index is 11.0. The molecule has 9 heteroatoms. The van der Waals surface area contributed by atoms with Crippen molar-refractivity contribution in [3.8, 4) is 21.1 Å². The van der Waals surface area contributed by atoms with Crippen LogP contribution in [0.25, 0.3) is 41.8 Å². The lowest BCUT2D eigenvalue weighted by atomic mass is 10.1. The molecule has 7 nitrogen and oxygen atoms in total. The second-order valence-corrected chi connectivity index (χ2v) is 8.50. The SMILES string of the molecule is O=C(O)c1ccc(-c2nc3nc4nc(-c5ccc(C(=O)O)cc5)sc4cc3s2)cc1. The number of pyridine rings is 1. The zero-order valence-corrected chi connectivity index (χ0v) is 16.7. The Morgan fingerprint density at radius 2 is 1.03 bits per heavy atom. The summed E-state index contributed by atoms with van der Waals surface area (Å²) in [5.74, 6) is -1.93. The minimum atomic E-state index is -0.966. The van der Waals surface area contributed by atoms with Crippen LogP contribution >= 0.6 is 22.7 Å². The van der Waals surface area contributed by atoms with E-state index in [1.165, 1.54) is 22.7 Å². The molecule has 0 aliphatic heterocycles. The molecule has 0 saturated carbocycles. The molecular formula is C21H11N3O4S2. The minimum absolute atomic E-state index is 0.228. The Morgan fingerprint density at radius 1 is 0.633 bits per heavy atom. The van der Waals surface area contributed by atoms with E-state index in [-0.39, 0.29) is 11.1 Å². The van der Waals surface area contributed by atoms with Crippen molar-refractivity contribution in [3.63, 3.8) is 0 Å². The standard InChI is InChI=1S/C21H11N3O4S2/c25-20(26)12-5-1-10(2-6-12)18-23-16-14(29-18)9-15-17(22-16)24-19(30-15)11-3-7-13(8-4-11)21(27)28/h1-9H,(H,25,26)(H,27,28). The third-order valence-corrected chi connectivity index (χ3v) is 6.58. The molecule has 146 valence electrons. The molecule has 5 rings (SSSR count). The molecule has 2 N–H and O–H groups in total. The summed E-state index contributed by atoms with van der Waals surface area (Å²) in [6.07, 6.45) is 0. The molecule has 0 spiro atoms. The third kappa shape index (κ3) is 3.19. The van der Waals surface area contributed by atoms with Crippen LogP contribution in [0.3, 0.4) is 0 Å². The van der Waals surface area contributed by atoms with Gasteiger partial charge in [-0.1, -0.05) is 24.3 Å². The van der Waals surface area contributed by atoms with Crippen molar-refractivity contribution in [1.82, 2.24) is 15.0 Å². The number of thiazole rings is 2. The van der Waals surface area contributed by atoms with E-state index in [0.717, 1.165) is 30.5 Å². The first-order chi connectivity index (χ1) is 14.5. The van der Waals surface area contributed by atoms with Crippen LogP contribution in [-0.4, -0.2) is 37.1 Å². The van der Waals surface area contributed by atoms with E-state index < -0.39 is 11.9 Å². The number of carboxylic acid groups (broad SMARTS) is 2. The number of hydrogen-bond acceptors (Lipinski definition) is 7. The first kappa shape index (κ1) is 18.3. The van der Waals surface area contributed by atoms with E-state index in [2.05, 4.69) is 15.0 Å². The van der Waals surface area contributed by atoms with E-state index in [1.54, 1.807) is 48.5 Å². The molecule has 0 saturated heterocycles. The largest absolute Gasteiger partial charge is 0.478 e. The van der Waals surface area contributed by atoms with Crippen LogP contribution in [0.5, 0.6) is 0 Å². The highest BCUT2D eigenvalue weighted by Crippen LogP contribution is 2.35. The summed E-state index contributed by atoms with van der Waals surface area (Å²) in [6, 6.07) is 15.2. The van der Waals surface area contributed by atoms with Gasteiger partial charge in [0.2, 0.25) is 0 Å². The topological polar surface area (TPSA) is 113 Å². The molecule has 0 unspecified atom stereocenters. The van der Waals surface area contributed by atoms with Crippen molar-refractivity contribution in [2.24, 2.45) is 0 Å². The van der Waals surface area contributed by atoms with Crippen molar-refractivity contribution >= 4 is 55.3 Å². The highest BCUT2D eigenvalue weighted by Gasteiger charge is 2.14. The van der Waals surface area contributed by atoms with Crippen LogP contribution in [0.4, 0.5) is 0 Å². The van der Waals surface area contributed by atoms with Crippen molar-refractivity contribution in [2.45, 2.75) is 0 Å². The number of nitrogens with zero attached hydrogens (tertiary/aromatic N) is 3. The molecular weight excluding hydrogens is 422 g/mol. The Labute approximate surface area is 176 Å². The quantitative estimate of drug-likeness (QED) is 0.408. The Kier molecular flexibility index (Phi) is 4.27. The Morgan fingerprint density at radius 3 is 1.40 bits per heavy atom. The average molecular weight is 433 g/mol. The molecule has 0 radical (unpaired) electrons. The molecule has 0 atom stereocenters. The van der Waals surface area contributed by atoms with Gasteiger partial charge in [0.25, 0.3) is 0 Å². The summed E-state index contributed by atoms with van der Waals surface area (Å²) >= 11 is 2.96. The maximum atomic E-state index is 11.0. The third-order valence-electron chi connectivity index (χ3n) is 4.50. The highest BCUT2D eigenvalue weighted by atomic mass is 32.1. The number of fused-ring (bicyclic) bond motifs is 2. The van der Waals surface area contributed by atoms with Crippen molar-refractivity contribution in [2.75, 3.05) is 0 Å². The predicted molar refractivity (Wildman–Crippen MR) is 115 cm³/mol. The molecule has 0 fully saturated rings. The summed E-state index contributed by atoms with van der Waals surface area (Å²) in [6.45, 7) is 0. The molecule has 0 amide bonds. The van der Waals surface area contributed by atoms with Crippen LogP contribution in [0.15, 0.2) is 54.6 Å². The number of rotatable bonds is 4. The minimum Gasteiger partial charge on any atom is -0.478 e. The molecule has 5 aromatic rings. The van der Waals surface area contributed by atoms with Gasteiger partial charge in [0, 0.05) is 11.1 Å². The predicted octanol–water partition coefficient (Wildman–Crippen LogP) is 5.03. The van der Waals surface area contributed by atoms with E-state index >= 15 is 0 Å². The normalized spacial score (nSPS) is 11.2. The molecule has 0 aliphatic rings. The molecule has 3 heterocycles. The number of carbonyl (C=O) groups is 2. The summed E-state index contributed by atoms with van der Waals surface area (Å²) in [7, 11) is 0. The van der Waals surface area contributed by atoms with E-state index in [4.69, 9.17) is 10.2 Å². The fourth-order valence-electron chi connectivity index (χ4n) is 2.97. The van der Waals surface area contributed by atoms with Gasteiger partial charge >= 0.3 is 11.9 Å². The average Bonchev–Trinajstić information content (AvgIpc) is 3.35. The molecule has 2 aromatic carbocycles. The van der Waals surface area contributed by atoms with Crippen LogP contribution in [-0.2, 0) is 0 Å². The Balaban J connectivity index is 1.51. The lowest BCUT2D eigenvalue weighted by Crippen LogP contribution is -1.94. The monoisotopic (exact) mass is 433 g/mol. The zero-order chi connectivity index (χ0) is 20.8. The van der Waals surface area contributed by atoms with Crippen LogP contribution in [0.2, 0.25) is 0 Å². The first-order valence-corrected chi connectivity index (χ1v) is 10.4. The van der Waals surface area contributed by atoms with Gasteiger partial charge in [-0.3, -0.25) is 0 Å². The second kappa shape index (κ2) is 6.97. The van der Waals surface area contributed by atoms with E-state index in [9.17, 15) is 9.59 Å². The number of carboxylic acids is 2. The van der Waals surface area contributed by atoms with Gasteiger partial charge in [0.1, 0.15) is 10.0 Å². The van der Waals surface area contributed by atoms with Gasteiger partial charge in [-0.2, -0.15) is 0 Å². The number of aromatic nitrogens is 3. The number of hydrogen-bond donors (Lipinski definition) is 2. The highest BCUT2D eigenvalue weighted by molar-refractivity contribution is 7.23. The second-order valence-electron chi connectivity index (χ2n) is 6.43. The zero-order valence-electron chi connectivity index (χ0n) is 15.1. The van der Waals surface area contributed by atoms with Crippen molar-refractivity contribution in [1.29, 1.82) is 0 Å². The smallest absolute Gasteiger partial charge is 0.335 e. The summed E-state index contributed by atoms with van der Waals surface area (Å²) in [5.41, 5.74) is 3.29. The van der Waals surface area contributed by atoms with Gasteiger partial charge in [0.05, 0.1) is 20.5 Å². The van der Waals surface area contributed by atoms with Gasteiger partial charge < -0.3 is 10.2 Å². The van der Waals surface area contributed by atoms with Crippen molar-refractivity contribution < 1.29 is 19.8 Å². The van der Waals surface area contributed by atoms with Gasteiger partial charge in [-0.15, -0.1) is 22.7 Å². The Bertz CT molecular complexity index is 1280. The van der Waals surface area contributed by atoms with Crippen LogP contribution in [0, 0.1) is 0 Å².